The number of nitrogens with one attached hydrogen (secondary N) is 1. The van der Waals surface area contributed by atoms with Crippen LogP contribution in [0.1, 0.15) is 45.4 Å². The number of aliphatic hydroxyl groups is 1. The minimum Gasteiger partial charge on any atom is -0.396 e. The van der Waals surface area contributed by atoms with Crippen molar-refractivity contribution >= 4 is 5.91 Å². The highest BCUT2D eigenvalue weighted by atomic mass is 16.3. The Morgan fingerprint density at radius 2 is 2.13 bits per heavy atom. The van der Waals surface area contributed by atoms with Gasteiger partial charge in [0, 0.05) is 19.1 Å². The van der Waals surface area contributed by atoms with Crippen LogP contribution < -0.4 is 11.1 Å². The summed E-state index contributed by atoms with van der Waals surface area (Å²) in [5.74, 6) is 0.0901. The van der Waals surface area contributed by atoms with Gasteiger partial charge in [-0.1, -0.05) is 13.3 Å². The lowest BCUT2D eigenvalue weighted by Crippen LogP contribution is -2.34. The summed E-state index contributed by atoms with van der Waals surface area (Å²) in [6.07, 6.45) is 4.99. The summed E-state index contributed by atoms with van der Waals surface area (Å²) in [5, 5.41) is 11.7. The fourth-order valence-corrected chi connectivity index (χ4v) is 1.44. The first-order valence-electron chi connectivity index (χ1n) is 5.84. The van der Waals surface area contributed by atoms with Gasteiger partial charge in [0.1, 0.15) is 0 Å². The van der Waals surface area contributed by atoms with Crippen molar-refractivity contribution in [1.29, 1.82) is 0 Å². The Hall–Kier alpha value is -0.610. The van der Waals surface area contributed by atoms with Crippen LogP contribution in [-0.4, -0.2) is 30.2 Å². The van der Waals surface area contributed by atoms with Gasteiger partial charge in [0.25, 0.3) is 0 Å². The molecule has 0 rings (SSSR count). The van der Waals surface area contributed by atoms with Crippen LogP contribution in [0.4, 0.5) is 0 Å². The van der Waals surface area contributed by atoms with Crippen molar-refractivity contribution in [3.05, 3.63) is 0 Å². The van der Waals surface area contributed by atoms with Gasteiger partial charge in [-0.25, -0.2) is 0 Å². The Morgan fingerprint density at radius 3 is 2.67 bits per heavy atom. The lowest BCUT2D eigenvalue weighted by Gasteiger charge is -2.15. The Labute approximate surface area is 92.2 Å². The number of rotatable bonds is 9. The third-order valence-electron chi connectivity index (χ3n) is 2.44. The number of nitrogens with two attached hydrogens (primary N) is 1. The van der Waals surface area contributed by atoms with Gasteiger partial charge in [0.05, 0.1) is 0 Å². The molecule has 0 aromatic heterocycles. The van der Waals surface area contributed by atoms with E-state index in [0.717, 1.165) is 25.7 Å². The number of unbranched alkanes of at least 4 members (excludes halogenated alkanes) is 2. The van der Waals surface area contributed by atoms with Gasteiger partial charge in [-0.05, 0) is 32.2 Å². The third kappa shape index (κ3) is 8.39. The zero-order valence-corrected chi connectivity index (χ0v) is 9.67. The standard InChI is InChI=1S/C11H24N2O2/c1-2-10(7-9-14)13-11(15)6-4-3-5-8-12/h10,14H,2-9,12H2,1H3,(H,13,15). The molecule has 0 bridgehead atoms. The summed E-state index contributed by atoms with van der Waals surface area (Å²) < 4.78 is 0. The normalized spacial score (nSPS) is 12.5. The molecule has 4 nitrogen and oxygen atoms in total. The molecule has 0 heterocycles. The maximum atomic E-state index is 11.4. The average Bonchev–Trinajstić information content (AvgIpc) is 2.24. The Bertz CT molecular complexity index is 163. The first-order chi connectivity index (χ1) is 7.24. The number of hydrogen-bond acceptors (Lipinski definition) is 3. The lowest BCUT2D eigenvalue weighted by molar-refractivity contribution is -0.122. The van der Waals surface area contributed by atoms with Gasteiger partial charge >= 0.3 is 0 Å². The van der Waals surface area contributed by atoms with E-state index in [1.807, 2.05) is 6.92 Å². The molecule has 4 heteroatoms. The number of aliphatic hydroxyl groups excluding tert-OH is 1. The van der Waals surface area contributed by atoms with Crippen LogP contribution in [0.5, 0.6) is 0 Å². The number of carbonyl (C=O) groups excluding carboxylic acids is 1. The van der Waals surface area contributed by atoms with Crippen LogP contribution in [0.25, 0.3) is 0 Å². The second-order valence-corrected chi connectivity index (χ2v) is 3.78. The molecule has 0 aliphatic carbocycles. The summed E-state index contributed by atoms with van der Waals surface area (Å²) in [7, 11) is 0. The second kappa shape index (κ2) is 9.93. The van der Waals surface area contributed by atoms with Crippen molar-refractivity contribution in [2.24, 2.45) is 5.73 Å². The first kappa shape index (κ1) is 14.4. The quantitative estimate of drug-likeness (QED) is 0.499. The number of carbonyl (C=O) groups is 1. The maximum absolute atomic E-state index is 11.4. The minimum atomic E-state index is 0.0901. The van der Waals surface area contributed by atoms with Crippen molar-refractivity contribution in [3.63, 3.8) is 0 Å². The topological polar surface area (TPSA) is 75.3 Å². The Kier molecular flexibility index (Phi) is 9.52. The third-order valence-corrected chi connectivity index (χ3v) is 2.44. The molecular formula is C11H24N2O2. The summed E-state index contributed by atoms with van der Waals surface area (Å²) in [6, 6.07) is 0.122. The molecule has 0 radical (unpaired) electrons. The summed E-state index contributed by atoms with van der Waals surface area (Å²) in [5.41, 5.74) is 5.36. The predicted octanol–water partition coefficient (Wildman–Crippen LogP) is 0.783. The SMILES string of the molecule is CCC(CCO)NC(=O)CCCCCN. The molecule has 1 unspecified atom stereocenters. The monoisotopic (exact) mass is 216 g/mol. The van der Waals surface area contributed by atoms with Gasteiger partial charge in [-0.15, -0.1) is 0 Å². The van der Waals surface area contributed by atoms with Crippen molar-refractivity contribution in [1.82, 2.24) is 5.32 Å². The van der Waals surface area contributed by atoms with Gasteiger partial charge in [-0.2, -0.15) is 0 Å². The minimum absolute atomic E-state index is 0.0901. The molecule has 1 atom stereocenters. The van der Waals surface area contributed by atoms with Crippen molar-refractivity contribution in [2.45, 2.75) is 51.5 Å². The van der Waals surface area contributed by atoms with E-state index < -0.39 is 0 Å². The molecule has 0 aromatic rings. The summed E-state index contributed by atoms with van der Waals surface area (Å²) >= 11 is 0. The van der Waals surface area contributed by atoms with Gasteiger partial charge < -0.3 is 16.2 Å². The van der Waals surface area contributed by atoms with Gasteiger partial charge in [0.15, 0.2) is 0 Å². The summed E-state index contributed by atoms with van der Waals surface area (Å²) in [4.78, 5) is 11.4. The van der Waals surface area contributed by atoms with E-state index in [1.54, 1.807) is 0 Å². The molecule has 0 fully saturated rings. The van der Waals surface area contributed by atoms with Crippen molar-refractivity contribution in [2.75, 3.05) is 13.2 Å². The van der Waals surface area contributed by atoms with Crippen LogP contribution in [0, 0.1) is 0 Å². The number of hydrogen-bond donors (Lipinski definition) is 3. The highest BCUT2D eigenvalue weighted by Crippen LogP contribution is 2.01. The highest BCUT2D eigenvalue weighted by Gasteiger charge is 2.08. The molecule has 0 saturated heterocycles. The van der Waals surface area contributed by atoms with Crippen LogP contribution in [0.2, 0.25) is 0 Å². The molecule has 4 N–H and O–H groups in total. The summed E-state index contributed by atoms with van der Waals surface area (Å²) in [6.45, 7) is 2.84. The Balaban J connectivity index is 3.52. The van der Waals surface area contributed by atoms with E-state index >= 15 is 0 Å². The first-order valence-corrected chi connectivity index (χ1v) is 5.84. The predicted molar refractivity (Wildman–Crippen MR) is 61.4 cm³/mol. The largest absolute Gasteiger partial charge is 0.396 e. The highest BCUT2D eigenvalue weighted by molar-refractivity contribution is 5.76. The molecule has 90 valence electrons. The molecule has 0 saturated carbocycles. The zero-order valence-electron chi connectivity index (χ0n) is 9.67. The van der Waals surface area contributed by atoms with Crippen LogP contribution >= 0.6 is 0 Å². The second-order valence-electron chi connectivity index (χ2n) is 3.78. The lowest BCUT2D eigenvalue weighted by atomic mass is 10.1. The molecule has 0 aromatic carbocycles. The molecule has 0 aliphatic heterocycles. The molecule has 0 spiro atoms. The molecular weight excluding hydrogens is 192 g/mol. The molecule has 15 heavy (non-hydrogen) atoms. The van der Waals surface area contributed by atoms with E-state index in [4.69, 9.17) is 10.8 Å². The smallest absolute Gasteiger partial charge is 0.220 e. The Morgan fingerprint density at radius 1 is 1.40 bits per heavy atom. The molecule has 1 amide bonds. The van der Waals surface area contributed by atoms with E-state index in [-0.39, 0.29) is 18.6 Å². The van der Waals surface area contributed by atoms with Crippen molar-refractivity contribution in [3.8, 4) is 0 Å². The fraction of sp³-hybridized carbons (Fsp3) is 0.909. The van der Waals surface area contributed by atoms with Gasteiger partial charge in [-0.3, -0.25) is 4.79 Å². The fourth-order valence-electron chi connectivity index (χ4n) is 1.44. The molecule has 0 aliphatic rings. The van der Waals surface area contributed by atoms with E-state index in [9.17, 15) is 4.79 Å². The van der Waals surface area contributed by atoms with Crippen molar-refractivity contribution < 1.29 is 9.90 Å². The zero-order chi connectivity index (χ0) is 11.5. The average molecular weight is 216 g/mol. The van der Waals surface area contributed by atoms with E-state index in [2.05, 4.69) is 5.32 Å². The van der Waals surface area contributed by atoms with Crippen LogP contribution in [-0.2, 0) is 4.79 Å². The van der Waals surface area contributed by atoms with Crippen LogP contribution in [0.15, 0.2) is 0 Å². The number of amides is 1. The van der Waals surface area contributed by atoms with E-state index in [1.165, 1.54) is 0 Å². The van der Waals surface area contributed by atoms with Gasteiger partial charge in [0.2, 0.25) is 5.91 Å². The van der Waals surface area contributed by atoms with Crippen LogP contribution in [0.3, 0.4) is 0 Å². The van der Waals surface area contributed by atoms with E-state index in [0.29, 0.717) is 19.4 Å². The maximum Gasteiger partial charge on any atom is 0.220 e.